The standard InChI is InChI=1S/C24H26N2O5S/c1-14(2)31-19-12-15(9-10-18(19)29-3)11-16(13-25)22(27)26-23-21(24(28)30-4)17-7-5-6-8-20(17)32-23/h9-12,14H,5-8H2,1-4H3,(H,26,27)/b16-11+. The summed E-state index contributed by atoms with van der Waals surface area (Å²) in [6.45, 7) is 3.80. The molecular formula is C24H26N2O5S. The van der Waals surface area contributed by atoms with Gasteiger partial charge in [0.2, 0.25) is 0 Å². The molecule has 1 heterocycles. The van der Waals surface area contributed by atoms with Crippen LogP contribution >= 0.6 is 11.3 Å². The average Bonchev–Trinajstić information content (AvgIpc) is 3.14. The van der Waals surface area contributed by atoms with Gasteiger partial charge in [-0.2, -0.15) is 5.26 Å². The number of nitriles is 1. The van der Waals surface area contributed by atoms with E-state index in [4.69, 9.17) is 14.2 Å². The smallest absolute Gasteiger partial charge is 0.341 e. The quantitative estimate of drug-likeness (QED) is 0.368. The molecular weight excluding hydrogens is 428 g/mol. The summed E-state index contributed by atoms with van der Waals surface area (Å²) in [4.78, 5) is 26.4. The maximum Gasteiger partial charge on any atom is 0.341 e. The number of ether oxygens (including phenoxy) is 3. The number of hydrogen-bond acceptors (Lipinski definition) is 7. The maximum absolute atomic E-state index is 12.9. The van der Waals surface area contributed by atoms with Gasteiger partial charge in [0.1, 0.15) is 16.6 Å². The number of methoxy groups -OCH3 is 2. The second kappa shape index (κ2) is 10.3. The average molecular weight is 455 g/mol. The molecule has 1 amide bonds. The first kappa shape index (κ1) is 23.4. The minimum absolute atomic E-state index is 0.0662. The van der Waals surface area contributed by atoms with E-state index in [0.29, 0.717) is 27.6 Å². The fourth-order valence-electron chi connectivity index (χ4n) is 3.59. The van der Waals surface area contributed by atoms with Crippen molar-refractivity contribution < 1.29 is 23.8 Å². The highest BCUT2D eigenvalue weighted by Crippen LogP contribution is 2.39. The first-order valence-electron chi connectivity index (χ1n) is 10.4. The SMILES string of the molecule is COC(=O)c1c(NC(=O)/C(C#N)=C/c2ccc(OC)c(OC(C)C)c2)sc2c1CCCC2. The lowest BCUT2D eigenvalue weighted by atomic mass is 9.95. The van der Waals surface area contributed by atoms with Crippen molar-refractivity contribution >= 4 is 34.3 Å². The van der Waals surface area contributed by atoms with Gasteiger partial charge in [0, 0.05) is 4.88 Å². The molecule has 0 aliphatic heterocycles. The zero-order chi connectivity index (χ0) is 23.3. The van der Waals surface area contributed by atoms with Crippen molar-refractivity contribution in [2.24, 2.45) is 0 Å². The minimum atomic E-state index is -0.585. The van der Waals surface area contributed by atoms with E-state index in [9.17, 15) is 14.9 Å². The molecule has 1 aromatic heterocycles. The summed E-state index contributed by atoms with van der Waals surface area (Å²) in [5.74, 6) is 0.0183. The lowest BCUT2D eigenvalue weighted by molar-refractivity contribution is -0.112. The molecule has 0 saturated carbocycles. The van der Waals surface area contributed by atoms with E-state index in [1.54, 1.807) is 25.3 Å². The summed E-state index contributed by atoms with van der Waals surface area (Å²) in [7, 11) is 2.87. The number of benzene rings is 1. The fourth-order valence-corrected chi connectivity index (χ4v) is 4.86. The van der Waals surface area contributed by atoms with Crippen LogP contribution in [0.4, 0.5) is 5.00 Å². The zero-order valence-electron chi connectivity index (χ0n) is 18.6. The molecule has 1 aliphatic carbocycles. The van der Waals surface area contributed by atoms with Crippen LogP contribution in [0, 0.1) is 11.3 Å². The molecule has 0 saturated heterocycles. The molecule has 1 aromatic carbocycles. The number of fused-ring (bicyclic) bond motifs is 1. The summed E-state index contributed by atoms with van der Waals surface area (Å²) in [5.41, 5.74) is 1.87. The number of rotatable bonds is 7. The van der Waals surface area contributed by atoms with E-state index in [1.807, 2.05) is 19.9 Å². The lowest BCUT2D eigenvalue weighted by Gasteiger charge is -2.14. The Hall–Kier alpha value is -3.31. The second-order valence-electron chi connectivity index (χ2n) is 7.61. The van der Waals surface area contributed by atoms with Crippen LogP contribution in [-0.4, -0.2) is 32.2 Å². The third-order valence-electron chi connectivity index (χ3n) is 5.01. The Balaban J connectivity index is 1.91. The van der Waals surface area contributed by atoms with Crippen molar-refractivity contribution in [2.75, 3.05) is 19.5 Å². The van der Waals surface area contributed by atoms with Crippen molar-refractivity contribution in [3.63, 3.8) is 0 Å². The van der Waals surface area contributed by atoms with Crippen LogP contribution in [0.15, 0.2) is 23.8 Å². The minimum Gasteiger partial charge on any atom is -0.493 e. The van der Waals surface area contributed by atoms with Crippen LogP contribution in [0.1, 0.15) is 53.1 Å². The number of anilines is 1. The zero-order valence-corrected chi connectivity index (χ0v) is 19.4. The van der Waals surface area contributed by atoms with Crippen LogP contribution < -0.4 is 14.8 Å². The van der Waals surface area contributed by atoms with Gasteiger partial charge in [0.05, 0.1) is 25.9 Å². The van der Waals surface area contributed by atoms with E-state index in [1.165, 1.54) is 24.5 Å². The van der Waals surface area contributed by atoms with Gasteiger partial charge in [-0.1, -0.05) is 6.07 Å². The number of amides is 1. The van der Waals surface area contributed by atoms with E-state index in [0.717, 1.165) is 36.1 Å². The van der Waals surface area contributed by atoms with Gasteiger partial charge in [0.15, 0.2) is 11.5 Å². The third-order valence-corrected chi connectivity index (χ3v) is 6.22. The number of aryl methyl sites for hydroxylation is 1. The fraction of sp³-hybridized carbons (Fsp3) is 0.375. The molecule has 0 unspecified atom stereocenters. The van der Waals surface area contributed by atoms with E-state index >= 15 is 0 Å². The highest BCUT2D eigenvalue weighted by molar-refractivity contribution is 7.17. The van der Waals surface area contributed by atoms with E-state index < -0.39 is 11.9 Å². The molecule has 1 N–H and O–H groups in total. The van der Waals surface area contributed by atoms with Crippen molar-refractivity contribution in [2.45, 2.75) is 45.6 Å². The third kappa shape index (κ3) is 5.11. The molecule has 0 bridgehead atoms. The normalized spacial score (nSPS) is 13.2. The van der Waals surface area contributed by atoms with Crippen molar-refractivity contribution in [1.29, 1.82) is 5.26 Å². The summed E-state index contributed by atoms with van der Waals surface area (Å²) < 4.78 is 16.0. The van der Waals surface area contributed by atoms with Gasteiger partial charge in [-0.15, -0.1) is 11.3 Å². The summed E-state index contributed by atoms with van der Waals surface area (Å²) in [6, 6.07) is 7.12. The Labute approximate surface area is 191 Å². The Bertz CT molecular complexity index is 1090. The number of carbonyl (C=O) groups excluding carboxylic acids is 2. The number of nitrogens with one attached hydrogen (secondary N) is 1. The lowest BCUT2D eigenvalue weighted by Crippen LogP contribution is -2.16. The number of hydrogen-bond donors (Lipinski definition) is 1. The van der Waals surface area contributed by atoms with Gasteiger partial charge < -0.3 is 19.5 Å². The van der Waals surface area contributed by atoms with E-state index in [2.05, 4.69) is 5.32 Å². The molecule has 0 fully saturated rings. The Morgan fingerprint density at radius 1 is 1.19 bits per heavy atom. The molecule has 2 aromatic rings. The van der Waals surface area contributed by atoms with E-state index in [-0.39, 0.29) is 11.7 Å². The van der Waals surface area contributed by atoms with Gasteiger partial charge >= 0.3 is 5.97 Å². The first-order chi connectivity index (χ1) is 15.4. The van der Waals surface area contributed by atoms with Gasteiger partial charge in [-0.25, -0.2) is 4.79 Å². The molecule has 1 aliphatic rings. The monoisotopic (exact) mass is 454 g/mol. The van der Waals surface area contributed by atoms with Crippen LogP contribution in [0.25, 0.3) is 6.08 Å². The van der Waals surface area contributed by atoms with Gasteiger partial charge in [0.25, 0.3) is 5.91 Å². The van der Waals surface area contributed by atoms with Crippen LogP contribution in [0.5, 0.6) is 11.5 Å². The second-order valence-corrected chi connectivity index (χ2v) is 8.71. The summed E-state index contributed by atoms with van der Waals surface area (Å²) >= 11 is 1.38. The molecule has 0 radical (unpaired) electrons. The maximum atomic E-state index is 12.9. The molecule has 7 nitrogen and oxygen atoms in total. The Morgan fingerprint density at radius 2 is 1.94 bits per heavy atom. The number of nitrogens with zero attached hydrogens (tertiary/aromatic N) is 1. The summed E-state index contributed by atoms with van der Waals surface area (Å²) in [5, 5.41) is 12.8. The predicted octanol–water partition coefficient (Wildman–Crippen LogP) is 4.75. The molecule has 0 spiro atoms. The van der Waals surface area contributed by atoms with Crippen molar-refractivity contribution in [1.82, 2.24) is 0 Å². The highest BCUT2D eigenvalue weighted by Gasteiger charge is 2.27. The number of thiophene rings is 1. The van der Waals surface area contributed by atoms with Crippen LogP contribution in [-0.2, 0) is 22.4 Å². The number of esters is 1. The van der Waals surface area contributed by atoms with Crippen molar-refractivity contribution in [3.8, 4) is 17.6 Å². The van der Waals surface area contributed by atoms with Gasteiger partial charge in [-0.05, 0) is 68.9 Å². The summed E-state index contributed by atoms with van der Waals surface area (Å²) in [6.07, 6.45) is 5.09. The molecule has 0 atom stereocenters. The first-order valence-corrected chi connectivity index (χ1v) is 11.2. The highest BCUT2D eigenvalue weighted by atomic mass is 32.1. The molecule has 168 valence electrons. The predicted molar refractivity (Wildman–Crippen MR) is 123 cm³/mol. The molecule has 8 heteroatoms. The van der Waals surface area contributed by atoms with Crippen LogP contribution in [0.2, 0.25) is 0 Å². The van der Waals surface area contributed by atoms with Gasteiger partial charge in [-0.3, -0.25) is 4.79 Å². The largest absolute Gasteiger partial charge is 0.493 e. The van der Waals surface area contributed by atoms with Crippen molar-refractivity contribution in [3.05, 3.63) is 45.3 Å². The number of carbonyl (C=O) groups is 2. The topological polar surface area (TPSA) is 97.7 Å². The molecule has 32 heavy (non-hydrogen) atoms. The Morgan fingerprint density at radius 3 is 2.59 bits per heavy atom. The Kier molecular flexibility index (Phi) is 7.54. The molecule has 3 rings (SSSR count). The van der Waals surface area contributed by atoms with Crippen LogP contribution in [0.3, 0.4) is 0 Å².